The van der Waals surface area contributed by atoms with Gasteiger partial charge in [-0.25, -0.2) is 0 Å². The summed E-state index contributed by atoms with van der Waals surface area (Å²) in [5, 5.41) is 10.3. The van der Waals surface area contributed by atoms with Crippen LogP contribution in [0.4, 0.5) is 0 Å². The fraction of sp³-hybridized carbons (Fsp3) is 0. The summed E-state index contributed by atoms with van der Waals surface area (Å²) >= 11 is 3.74. The maximum atomic E-state index is 2.42. The standard InChI is InChI=1S/C56H34S2/c1-2-12-35(13-3-1)38-24-27-47-50(34-38)56(42-17-11-15-37(31-42)40-26-29-54-49(33-40)44-19-7-9-23-52(44)58-54)46-21-5-4-20-45(46)55(47)41-16-10-14-36(30-41)39-25-28-53-48(32-39)43-18-6-8-22-51(43)57-53/h1-34H. The summed E-state index contributed by atoms with van der Waals surface area (Å²) in [5.74, 6) is 0. The zero-order chi connectivity index (χ0) is 38.2. The van der Waals surface area contributed by atoms with E-state index < -0.39 is 0 Å². The van der Waals surface area contributed by atoms with Crippen LogP contribution in [0.25, 0.3) is 118 Å². The summed E-state index contributed by atoms with van der Waals surface area (Å²) in [6, 6.07) is 76.7. The lowest BCUT2D eigenvalue weighted by Gasteiger charge is -2.19. The van der Waals surface area contributed by atoms with Crippen LogP contribution in [0.1, 0.15) is 0 Å². The average Bonchev–Trinajstić information content (AvgIpc) is 3.86. The molecule has 0 bridgehead atoms. The van der Waals surface area contributed by atoms with Crippen molar-refractivity contribution in [3.63, 3.8) is 0 Å². The Morgan fingerprint density at radius 2 is 0.552 bits per heavy atom. The Morgan fingerprint density at radius 3 is 1.12 bits per heavy atom. The van der Waals surface area contributed by atoms with E-state index in [4.69, 9.17) is 0 Å². The molecule has 0 saturated carbocycles. The number of fused-ring (bicyclic) bond motifs is 8. The largest absolute Gasteiger partial charge is 0.135 e. The first-order chi connectivity index (χ1) is 28.7. The third-order valence-corrected chi connectivity index (χ3v) is 14.2. The Labute approximate surface area is 344 Å². The molecule has 0 radical (unpaired) electrons. The topological polar surface area (TPSA) is 0 Å². The van der Waals surface area contributed by atoms with Gasteiger partial charge in [0.05, 0.1) is 0 Å². The van der Waals surface area contributed by atoms with Crippen LogP contribution in [0.15, 0.2) is 206 Å². The quantitative estimate of drug-likeness (QED) is 0.153. The Balaban J connectivity index is 1.08. The molecule has 0 fully saturated rings. The van der Waals surface area contributed by atoms with Crippen LogP contribution < -0.4 is 0 Å². The molecule has 0 N–H and O–H groups in total. The molecule has 0 aliphatic carbocycles. The van der Waals surface area contributed by atoms with Crippen molar-refractivity contribution in [2.75, 3.05) is 0 Å². The van der Waals surface area contributed by atoms with E-state index in [1.165, 1.54) is 118 Å². The van der Waals surface area contributed by atoms with Gasteiger partial charge in [-0.15, -0.1) is 22.7 Å². The fourth-order valence-corrected chi connectivity index (χ4v) is 11.3. The average molecular weight is 771 g/mol. The second-order valence-electron chi connectivity index (χ2n) is 15.2. The predicted octanol–water partition coefficient (Wildman–Crippen LogP) is 17.1. The highest BCUT2D eigenvalue weighted by Gasteiger charge is 2.19. The lowest BCUT2D eigenvalue weighted by molar-refractivity contribution is 1.61. The van der Waals surface area contributed by atoms with Gasteiger partial charge >= 0.3 is 0 Å². The van der Waals surface area contributed by atoms with Crippen molar-refractivity contribution in [3.8, 4) is 55.6 Å². The molecule has 0 aliphatic rings. The van der Waals surface area contributed by atoms with Gasteiger partial charge in [-0.05, 0) is 132 Å². The Bertz CT molecular complexity index is 3570. The van der Waals surface area contributed by atoms with Crippen molar-refractivity contribution < 1.29 is 0 Å². The number of thiophene rings is 2. The Hall–Kier alpha value is -6.84. The fourth-order valence-electron chi connectivity index (χ4n) is 9.13. The molecule has 0 spiro atoms. The second-order valence-corrected chi connectivity index (χ2v) is 17.4. The summed E-state index contributed by atoms with van der Waals surface area (Å²) in [7, 11) is 0. The van der Waals surface area contributed by atoms with Crippen molar-refractivity contribution in [2.45, 2.75) is 0 Å². The van der Waals surface area contributed by atoms with Crippen LogP contribution in [0, 0.1) is 0 Å². The van der Waals surface area contributed by atoms with Crippen LogP contribution in [0.5, 0.6) is 0 Å². The molecule has 270 valence electrons. The Morgan fingerprint density at radius 1 is 0.190 bits per heavy atom. The van der Waals surface area contributed by atoms with Crippen LogP contribution >= 0.6 is 22.7 Å². The van der Waals surface area contributed by atoms with Gasteiger partial charge in [-0.2, -0.15) is 0 Å². The highest BCUT2D eigenvalue weighted by atomic mass is 32.1. The molecule has 12 rings (SSSR count). The van der Waals surface area contributed by atoms with Gasteiger partial charge in [0.15, 0.2) is 0 Å². The zero-order valence-electron chi connectivity index (χ0n) is 31.4. The molecule has 2 aromatic heterocycles. The minimum absolute atomic E-state index is 1.21. The molecule has 0 aliphatic heterocycles. The number of benzene rings is 10. The lowest BCUT2D eigenvalue weighted by atomic mass is 9.84. The highest BCUT2D eigenvalue weighted by Crippen LogP contribution is 2.47. The van der Waals surface area contributed by atoms with Crippen molar-refractivity contribution in [3.05, 3.63) is 206 Å². The van der Waals surface area contributed by atoms with Gasteiger partial charge in [-0.3, -0.25) is 0 Å². The predicted molar refractivity (Wildman–Crippen MR) is 254 cm³/mol. The van der Waals surface area contributed by atoms with Crippen LogP contribution in [0.2, 0.25) is 0 Å². The molecular weight excluding hydrogens is 737 g/mol. The van der Waals surface area contributed by atoms with E-state index in [1.54, 1.807) is 0 Å². The molecule has 2 heteroatoms. The molecule has 0 nitrogen and oxygen atoms in total. The highest BCUT2D eigenvalue weighted by molar-refractivity contribution is 7.26. The van der Waals surface area contributed by atoms with E-state index in [1.807, 2.05) is 22.7 Å². The number of rotatable bonds is 5. The number of hydrogen-bond acceptors (Lipinski definition) is 2. The first-order valence-corrected chi connectivity index (χ1v) is 21.4. The maximum Gasteiger partial charge on any atom is 0.0355 e. The van der Waals surface area contributed by atoms with Crippen LogP contribution in [-0.4, -0.2) is 0 Å². The molecular formula is C56H34S2. The molecule has 58 heavy (non-hydrogen) atoms. The first-order valence-electron chi connectivity index (χ1n) is 19.8. The van der Waals surface area contributed by atoms with E-state index in [-0.39, 0.29) is 0 Å². The summed E-state index contributed by atoms with van der Waals surface area (Å²) in [5.41, 5.74) is 12.3. The molecule has 0 saturated heterocycles. The summed E-state index contributed by atoms with van der Waals surface area (Å²) in [6.07, 6.45) is 0. The van der Waals surface area contributed by atoms with Gasteiger partial charge in [-0.1, -0.05) is 152 Å². The normalized spacial score (nSPS) is 11.8. The zero-order valence-corrected chi connectivity index (χ0v) is 33.1. The van der Waals surface area contributed by atoms with Gasteiger partial charge in [0.25, 0.3) is 0 Å². The van der Waals surface area contributed by atoms with E-state index >= 15 is 0 Å². The molecule has 12 aromatic rings. The van der Waals surface area contributed by atoms with Gasteiger partial charge in [0, 0.05) is 40.3 Å². The molecule has 0 unspecified atom stereocenters. The minimum atomic E-state index is 1.21. The SMILES string of the molecule is c1ccc(-c2ccc3c(-c4cccc(-c5ccc6sc7ccccc7c6c5)c4)c4ccccc4c(-c4cccc(-c5ccc6sc7ccccc7c6c5)c4)c3c2)cc1. The van der Waals surface area contributed by atoms with E-state index in [9.17, 15) is 0 Å². The van der Waals surface area contributed by atoms with Gasteiger partial charge < -0.3 is 0 Å². The minimum Gasteiger partial charge on any atom is -0.135 e. The van der Waals surface area contributed by atoms with E-state index in [2.05, 4.69) is 206 Å². The maximum absolute atomic E-state index is 2.42. The number of hydrogen-bond donors (Lipinski definition) is 0. The second kappa shape index (κ2) is 13.4. The monoisotopic (exact) mass is 770 g/mol. The molecule has 10 aromatic carbocycles. The van der Waals surface area contributed by atoms with Crippen molar-refractivity contribution in [1.29, 1.82) is 0 Å². The van der Waals surface area contributed by atoms with Crippen molar-refractivity contribution in [2.24, 2.45) is 0 Å². The third-order valence-electron chi connectivity index (χ3n) is 11.9. The smallest absolute Gasteiger partial charge is 0.0355 e. The first kappa shape index (κ1) is 33.3. The summed E-state index contributed by atoms with van der Waals surface area (Å²) in [6.45, 7) is 0. The van der Waals surface area contributed by atoms with Crippen LogP contribution in [-0.2, 0) is 0 Å². The van der Waals surface area contributed by atoms with E-state index in [0.717, 1.165) is 0 Å². The lowest BCUT2D eigenvalue weighted by Crippen LogP contribution is -1.92. The van der Waals surface area contributed by atoms with Crippen molar-refractivity contribution in [1.82, 2.24) is 0 Å². The van der Waals surface area contributed by atoms with Crippen molar-refractivity contribution >= 4 is 84.6 Å². The Kier molecular flexibility index (Phi) is 7.69. The third kappa shape index (κ3) is 5.41. The van der Waals surface area contributed by atoms with Crippen LogP contribution in [0.3, 0.4) is 0 Å². The van der Waals surface area contributed by atoms with Gasteiger partial charge in [0.1, 0.15) is 0 Å². The summed E-state index contributed by atoms with van der Waals surface area (Å²) in [4.78, 5) is 0. The van der Waals surface area contributed by atoms with Gasteiger partial charge in [0.2, 0.25) is 0 Å². The summed E-state index contributed by atoms with van der Waals surface area (Å²) < 4.78 is 5.32. The van der Waals surface area contributed by atoms with E-state index in [0.29, 0.717) is 0 Å². The molecule has 2 heterocycles. The molecule has 0 amide bonds. The molecule has 0 atom stereocenters.